The van der Waals surface area contributed by atoms with Gasteiger partial charge in [-0.2, -0.15) is 0 Å². The van der Waals surface area contributed by atoms with E-state index in [1.165, 1.54) is 4.90 Å². The Morgan fingerprint density at radius 1 is 1.47 bits per heavy atom. The van der Waals surface area contributed by atoms with Crippen LogP contribution in [0, 0.1) is 0 Å². The molecular formula is C10H18N2O5. The molecular weight excluding hydrogens is 228 g/mol. The van der Waals surface area contributed by atoms with Crippen LogP contribution < -0.4 is 5.32 Å². The molecule has 0 aliphatic heterocycles. The van der Waals surface area contributed by atoms with Gasteiger partial charge in [0.2, 0.25) is 0 Å². The molecule has 0 aromatic heterocycles. The van der Waals surface area contributed by atoms with Crippen molar-refractivity contribution in [3.8, 4) is 0 Å². The summed E-state index contributed by atoms with van der Waals surface area (Å²) in [6, 6.07) is -0.349. The summed E-state index contributed by atoms with van der Waals surface area (Å²) in [7, 11) is 0. The maximum atomic E-state index is 11.5. The largest absolute Gasteiger partial charge is 0.480 e. The number of nitrogens with one attached hydrogen (secondary N) is 1. The lowest BCUT2D eigenvalue weighted by molar-refractivity contribution is -0.142. The third-order valence-electron chi connectivity index (χ3n) is 1.75. The zero-order chi connectivity index (χ0) is 13.1. The van der Waals surface area contributed by atoms with Gasteiger partial charge in [-0.05, 0) is 0 Å². The van der Waals surface area contributed by atoms with Crippen LogP contribution in [0.25, 0.3) is 0 Å². The first kappa shape index (κ1) is 15.4. The highest BCUT2D eigenvalue weighted by molar-refractivity contribution is 5.74. The number of urea groups is 1. The van der Waals surface area contributed by atoms with Gasteiger partial charge in [0, 0.05) is 19.6 Å². The maximum absolute atomic E-state index is 11.5. The highest BCUT2D eigenvalue weighted by atomic mass is 16.5. The summed E-state index contributed by atoms with van der Waals surface area (Å²) in [5, 5.41) is 19.6. The highest BCUT2D eigenvalue weighted by Gasteiger charge is 2.09. The van der Waals surface area contributed by atoms with Crippen molar-refractivity contribution in [2.75, 3.05) is 39.5 Å². The predicted molar refractivity (Wildman–Crippen MR) is 60.7 cm³/mol. The normalized spacial score (nSPS) is 9.71. The number of hydrogen-bond donors (Lipinski definition) is 3. The summed E-state index contributed by atoms with van der Waals surface area (Å²) in [5.74, 6) is -1.05. The van der Waals surface area contributed by atoms with E-state index in [0.717, 1.165) is 0 Å². The molecule has 0 spiro atoms. The third-order valence-corrected chi connectivity index (χ3v) is 1.75. The average Bonchev–Trinajstić information content (AvgIpc) is 2.27. The van der Waals surface area contributed by atoms with Crippen LogP contribution in [0.3, 0.4) is 0 Å². The Morgan fingerprint density at radius 3 is 2.71 bits per heavy atom. The first-order valence-corrected chi connectivity index (χ1v) is 5.16. The number of amides is 2. The minimum absolute atomic E-state index is 0.124. The van der Waals surface area contributed by atoms with Crippen molar-refractivity contribution >= 4 is 12.0 Å². The number of carbonyl (C=O) groups is 2. The van der Waals surface area contributed by atoms with Gasteiger partial charge in [0.1, 0.15) is 6.61 Å². The van der Waals surface area contributed by atoms with E-state index in [0.29, 0.717) is 6.54 Å². The molecule has 0 saturated carbocycles. The standard InChI is InChI=1S/C10H18N2O5/c1-2-4-12(5-6-13)10(16)11-3-7-17-8-9(14)15/h2,13H,1,3-8H2,(H,11,16)(H,14,15). The van der Waals surface area contributed by atoms with Crippen LogP contribution in [0.2, 0.25) is 0 Å². The molecule has 0 aromatic carbocycles. The molecule has 7 nitrogen and oxygen atoms in total. The molecule has 0 unspecified atom stereocenters. The fraction of sp³-hybridized carbons (Fsp3) is 0.600. The van der Waals surface area contributed by atoms with Crippen LogP contribution in [-0.2, 0) is 9.53 Å². The predicted octanol–water partition coefficient (Wildman–Crippen LogP) is -0.722. The van der Waals surface area contributed by atoms with Crippen LogP contribution in [0.5, 0.6) is 0 Å². The molecule has 0 aliphatic carbocycles. The highest BCUT2D eigenvalue weighted by Crippen LogP contribution is 1.89. The topological polar surface area (TPSA) is 99.1 Å². The number of ether oxygens (including phenoxy) is 1. The molecule has 98 valence electrons. The Labute approximate surface area is 99.7 Å². The van der Waals surface area contributed by atoms with E-state index < -0.39 is 5.97 Å². The Balaban J connectivity index is 3.73. The van der Waals surface area contributed by atoms with Gasteiger partial charge in [-0.25, -0.2) is 9.59 Å². The third kappa shape index (κ3) is 8.23. The molecule has 0 saturated heterocycles. The second kappa shape index (κ2) is 9.61. The van der Waals surface area contributed by atoms with E-state index in [2.05, 4.69) is 11.9 Å². The number of carboxylic acid groups (broad SMARTS) is 1. The summed E-state index contributed by atoms with van der Waals surface area (Å²) in [6.07, 6.45) is 1.55. The van der Waals surface area contributed by atoms with Crippen molar-refractivity contribution in [2.24, 2.45) is 0 Å². The van der Waals surface area contributed by atoms with Gasteiger partial charge in [0.05, 0.1) is 13.2 Å². The zero-order valence-corrected chi connectivity index (χ0v) is 9.59. The number of carboxylic acids is 1. The van der Waals surface area contributed by atoms with Crippen molar-refractivity contribution in [2.45, 2.75) is 0 Å². The Hall–Kier alpha value is -1.60. The van der Waals surface area contributed by atoms with E-state index in [1.54, 1.807) is 6.08 Å². The van der Waals surface area contributed by atoms with E-state index in [1.807, 2.05) is 0 Å². The van der Waals surface area contributed by atoms with Crippen molar-refractivity contribution in [1.29, 1.82) is 0 Å². The lowest BCUT2D eigenvalue weighted by Gasteiger charge is -2.20. The lowest BCUT2D eigenvalue weighted by atomic mass is 10.5. The van der Waals surface area contributed by atoms with Crippen molar-refractivity contribution < 1.29 is 24.5 Å². The van der Waals surface area contributed by atoms with E-state index in [9.17, 15) is 9.59 Å². The van der Waals surface area contributed by atoms with Crippen LogP contribution in [-0.4, -0.2) is 66.6 Å². The molecule has 0 aliphatic rings. The molecule has 0 rings (SSSR count). The van der Waals surface area contributed by atoms with Crippen LogP contribution in [0.15, 0.2) is 12.7 Å². The van der Waals surface area contributed by atoms with Gasteiger partial charge < -0.3 is 25.2 Å². The second-order valence-electron chi connectivity index (χ2n) is 3.14. The Kier molecular flexibility index (Phi) is 8.71. The minimum Gasteiger partial charge on any atom is -0.480 e. The monoisotopic (exact) mass is 246 g/mol. The van der Waals surface area contributed by atoms with E-state index in [-0.39, 0.29) is 38.9 Å². The quantitative estimate of drug-likeness (QED) is 0.368. The Morgan fingerprint density at radius 2 is 2.18 bits per heavy atom. The summed E-state index contributed by atoms with van der Waals surface area (Å²) >= 11 is 0. The molecule has 0 heterocycles. The number of aliphatic hydroxyl groups is 1. The first-order valence-electron chi connectivity index (χ1n) is 5.16. The fourth-order valence-corrected chi connectivity index (χ4v) is 1.05. The van der Waals surface area contributed by atoms with Gasteiger partial charge in [-0.1, -0.05) is 6.08 Å². The van der Waals surface area contributed by atoms with Crippen molar-refractivity contribution in [3.63, 3.8) is 0 Å². The fourth-order valence-electron chi connectivity index (χ4n) is 1.05. The second-order valence-corrected chi connectivity index (χ2v) is 3.14. The van der Waals surface area contributed by atoms with Gasteiger partial charge in [-0.15, -0.1) is 6.58 Å². The SMILES string of the molecule is C=CCN(CCO)C(=O)NCCOCC(=O)O. The minimum atomic E-state index is -1.05. The number of aliphatic carboxylic acids is 1. The van der Waals surface area contributed by atoms with Gasteiger partial charge in [-0.3, -0.25) is 0 Å². The summed E-state index contributed by atoms with van der Waals surface area (Å²) in [5.41, 5.74) is 0. The van der Waals surface area contributed by atoms with Gasteiger partial charge >= 0.3 is 12.0 Å². The molecule has 0 radical (unpaired) electrons. The van der Waals surface area contributed by atoms with Crippen molar-refractivity contribution in [1.82, 2.24) is 10.2 Å². The smallest absolute Gasteiger partial charge is 0.329 e. The summed E-state index contributed by atoms with van der Waals surface area (Å²) < 4.78 is 4.74. The van der Waals surface area contributed by atoms with Crippen LogP contribution in [0.4, 0.5) is 4.79 Å². The molecule has 0 atom stereocenters. The van der Waals surface area contributed by atoms with Crippen molar-refractivity contribution in [3.05, 3.63) is 12.7 Å². The number of aliphatic hydroxyl groups excluding tert-OH is 1. The van der Waals surface area contributed by atoms with Gasteiger partial charge in [0.15, 0.2) is 0 Å². The maximum Gasteiger partial charge on any atom is 0.329 e. The van der Waals surface area contributed by atoms with Crippen LogP contribution >= 0.6 is 0 Å². The molecule has 7 heteroatoms. The van der Waals surface area contributed by atoms with E-state index >= 15 is 0 Å². The molecule has 3 N–H and O–H groups in total. The molecule has 0 bridgehead atoms. The molecule has 0 fully saturated rings. The number of hydrogen-bond acceptors (Lipinski definition) is 4. The van der Waals surface area contributed by atoms with Gasteiger partial charge in [0.25, 0.3) is 0 Å². The zero-order valence-electron chi connectivity index (χ0n) is 9.59. The number of nitrogens with zero attached hydrogens (tertiary/aromatic N) is 1. The molecule has 0 aromatic rings. The number of carbonyl (C=O) groups excluding carboxylic acids is 1. The summed E-state index contributed by atoms with van der Waals surface area (Å²) in [4.78, 5) is 23.0. The molecule has 17 heavy (non-hydrogen) atoms. The Bertz CT molecular complexity index is 257. The number of rotatable bonds is 9. The van der Waals surface area contributed by atoms with Crippen LogP contribution in [0.1, 0.15) is 0 Å². The first-order chi connectivity index (χ1) is 8.11. The summed E-state index contributed by atoms with van der Waals surface area (Å²) in [6.45, 7) is 3.88. The molecule has 2 amide bonds. The van der Waals surface area contributed by atoms with E-state index in [4.69, 9.17) is 14.9 Å². The average molecular weight is 246 g/mol. The lowest BCUT2D eigenvalue weighted by Crippen LogP contribution is -2.42.